The summed E-state index contributed by atoms with van der Waals surface area (Å²) in [5.41, 5.74) is 2.93. The first-order valence-corrected chi connectivity index (χ1v) is 12.3. The van der Waals surface area contributed by atoms with E-state index in [1.165, 1.54) is 10.9 Å². The van der Waals surface area contributed by atoms with Crippen molar-refractivity contribution in [1.29, 1.82) is 0 Å². The van der Waals surface area contributed by atoms with Crippen molar-refractivity contribution in [3.05, 3.63) is 108 Å². The van der Waals surface area contributed by atoms with Crippen LogP contribution in [0.15, 0.2) is 91.0 Å². The Morgan fingerprint density at radius 3 is 2.37 bits per heavy atom. The van der Waals surface area contributed by atoms with E-state index >= 15 is 0 Å². The molecule has 1 saturated heterocycles. The van der Waals surface area contributed by atoms with Crippen LogP contribution < -0.4 is 9.47 Å². The van der Waals surface area contributed by atoms with Gasteiger partial charge in [0, 0.05) is 24.2 Å². The summed E-state index contributed by atoms with van der Waals surface area (Å²) in [4.78, 5) is 15.3. The normalized spacial score (nSPS) is 14.1. The third kappa shape index (κ3) is 5.48. The van der Waals surface area contributed by atoms with E-state index in [2.05, 4.69) is 48.5 Å². The lowest BCUT2D eigenvalue weighted by Crippen LogP contribution is -2.39. The van der Waals surface area contributed by atoms with Gasteiger partial charge >= 0.3 is 0 Å². The Morgan fingerprint density at radius 1 is 0.857 bits per heavy atom. The number of likely N-dealkylation sites (tertiary alicyclic amines) is 1. The smallest absolute Gasteiger partial charge is 0.253 e. The molecule has 0 aliphatic carbocycles. The summed E-state index contributed by atoms with van der Waals surface area (Å²) in [5, 5.41) is 2.31. The largest absolute Gasteiger partial charge is 0.496 e. The first-order chi connectivity index (χ1) is 17.2. The molecule has 0 aromatic heterocycles. The van der Waals surface area contributed by atoms with Crippen molar-refractivity contribution in [3.8, 4) is 11.5 Å². The second-order valence-electron chi connectivity index (χ2n) is 9.25. The fourth-order valence-electron chi connectivity index (χ4n) is 4.91. The van der Waals surface area contributed by atoms with Gasteiger partial charge in [-0.3, -0.25) is 4.79 Å². The lowest BCUT2D eigenvalue weighted by molar-refractivity contribution is 0.0690. The van der Waals surface area contributed by atoms with Crippen LogP contribution in [0.1, 0.15) is 34.3 Å². The molecule has 0 unspecified atom stereocenters. The Balaban J connectivity index is 1.23. The van der Waals surface area contributed by atoms with Crippen molar-refractivity contribution in [2.45, 2.75) is 25.9 Å². The summed E-state index contributed by atoms with van der Waals surface area (Å²) in [6, 6.07) is 30.6. The number of carbonyl (C=O) groups is 1. The molecule has 35 heavy (non-hydrogen) atoms. The lowest BCUT2D eigenvalue weighted by atomic mass is 9.90. The minimum atomic E-state index is 0.0813. The van der Waals surface area contributed by atoms with E-state index in [0.717, 1.165) is 54.8 Å². The summed E-state index contributed by atoms with van der Waals surface area (Å²) in [5.74, 6) is 2.23. The first-order valence-electron chi connectivity index (χ1n) is 12.3. The predicted octanol–water partition coefficient (Wildman–Crippen LogP) is 6.52. The molecule has 4 nitrogen and oxygen atoms in total. The van der Waals surface area contributed by atoms with E-state index in [1.54, 1.807) is 7.11 Å². The molecule has 0 bridgehead atoms. The van der Waals surface area contributed by atoms with Crippen LogP contribution in [0, 0.1) is 5.92 Å². The number of carbonyl (C=O) groups excluding carboxylic acids is 1. The molecular weight excluding hydrogens is 434 g/mol. The molecule has 4 aromatic rings. The fraction of sp³-hybridized carbons (Fsp3) is 0.258. The van der Waals surface area contributed by atoms with Crippen LogP contribution in [0.25, 0.3) is 10.8 Å². The number of rotatable bonds is 7. The fourth-order valence-corrected chi connectivity index (χ4v) is 4.91. The number of ether oxygens (including phenoxy) is 2. The third-order valence-corrected chi connectivity index (χ3v) is 6.91. The highest BCUT2D eigenvalue weighted by Gasteiger charge is 2.24. The Morgan fingerprint density at radius 2 is 1.60 bits per heavy atom. The predicted molar refractivity (Wildman–Crippen MR) is 140 cm³/mol. The molecule has 1 amide bonds. The number of hydrogen-bond acceptors (Lipinski definition) is 3. The van der Waals surface area contributed by atoms with Gasteiger partial charge in [0.2, 0.25) is 0 Å². The molecule has 0 atom stereocenters. The summed E-state index contributed by atoms with van der Waals surface area (Å²) < 4.78 is 11.6. The van der Waals surface area contributed by atoms with Crippen molar-refractivity contribution >= 4 is 16.7 Å². The molecule has 178 valence electrons. The Kier molecular flexibility index (Phi) is 6.99. The SMILES string of the molecule is COc1ccc(C(=O)N2CCC(Cc3ccccc3)CC2)cc1COc1ccc2ccccc2c1. The van der Waals surface area contributed by atoms with Gasteiger partial charge in [0.1, 0.15) is 18.1 Å². The van der Waals surface area contributed by atoms with Crippen molar-refractivity contribution in [1.82, 2.24) is 4.90 Å². The summed E-state index contributed by atoms with van der Waals surface area (Å²) in [7, 11) is 1.65. The second kappa shape index (κ2) is 10.6. The Hall–Kier alpha value is -3.79. The number of amides is 1. The highest BCUT2D eigenvalue weighted by atomic mass is 16.5. The van der Waals surface area contributed by atoms with E-state index in [0.29, 0.717) is 18.1 Å². The molecule has 0 radical (unpaired) electrons. The molecular formula is C31H31NO3. The van der Waals surface area contributed by atoms with Gasteiger partial charge in [-0.05, 0) is 71.8 Å². The maximum Gasteiger partial charge on any atom is 0.253 e. The van der Waals surface area contributed by atoms with E-state index in [9.17, 15) is 4.79 Å². The van der Waals surface area contributed by atoms with E-state index < -0.39 is 0 Å². The molecule has 1 aliphatic rings. The molecule has 0 spiro atoms. The number of piperidine rings is 1. The van der Waals surface area contributed by atoms with Crippen LogP contribution in [0.5, 0.6) is 11.5 Å². The van der Waals surface area contributed by atoms with Crippen LogP contribution in [0.4, 0.5) is 0 Å². The van der Waals surface area contributed by atoms with E-state index in [-0.39, 0.29) is 5.91 Å². The highest BCUT2D eigenvalue weighted by Crippen LogP contribution is 2.27. The molecule has 5 rings (SSSR count). The Labute approximate surface area is 207 Å². The van der Waals surface area contributed by atoms with Crippen molar-refractivity contribution in [2.24, 2.45) is 5.92 Å². The van der Waals surface area contributed by atoms with Gasteiger partial charge in [0.15, 0.2) is 0 Å². The van der Waals surface area contributed by atoms with Gasteiger partial charge in [-0.1, -0.05) is 60.7 Å². The summed E-state index contributed by atoms with van der Waals surface area (Å²) >= 11 is 0. The minimum Gasteiger partial charge on any atom is -0.496 e. The number of methoxy groups -OCH3 is 1. The van der Waals surface area contributed by atoms with Crippen LogP contribution in [0.2, 0.25) is 0 Å². The zero-order valence-corrected chi connectivity index (χ0v) is 20.2. The van der Waals surface area contributed by atoms with Crippen LogP contribution in [-0.2, 0) is 13.0 Å². The van der Waals surface area contributed by atoms with Crippen molar-refractivity contribution in [3.63, 3.8) is 0 Å². The molecule has 1 heterocycles. The molecule has 0 saturated carbocycles. The number of nitrogens with zero attached hydrogens (tertiary/aromatic N) is 1. The maximum atomic E-state index is 13.3. The topological polar surface area (TPSA) is 38.8 Å². The number of benzene rings is 4. The van der Waals surface area contributed by atoms with Gasteiger partial charge in [-0.2, -0.15) is 0 Å². The number of fused-ring (bicyclic) bond motifs is 1. The second-order valence-corrected chi connectivity index (χ2v) is 9.25. The highest BCUT2D eigenvalue weighted by molar-refractivity contribution is 5.94. The quantitative estimate of drug-likeness (QED) is 0.312. The van der Waals surface area contributed by atoms with Crippen LogP contribution >= 0.6 is 0 Å². The van der Waals surface area contributed by atoms with Crippen LogP contribution in [0.3, 0.4) is 0 Å². The van der Waals surface area contributed by atoms with Gasteiger partial charge in [-0.15, -0.1) is 0 Å². The van der Waals surface area contributed by atoms with Gasteiger partial charge in [-0.25, -0.2) is 0 Å². The first kappa shape index (κ1) is 23.0. The summed E-state index contributed by atoms with van der Waals surface area (Å²) in [6.45, 7) is 1.93. The maximum absolute atomic E-state index is 13.3. The molecule has 4 aromatic carbocycles. The monoisotopic (exact) mass is 465 g/mol. The number of hydrogen-bond donors (Lipinski definition) is 0. The van der Waals surface area contributed by atoms with E-state index in [1.807, 2.05) is 47.4 Å². The zero-order valence-electron chi connectivity index (χ0n) is 20.2. The van der Waals surface area contributed by atoms with Gasteiger partial charge in [0.05, 0.1) is 7.11 Å². The standard InChI is InChI=1S/C31H31NO3/c1-34-30-14-12-27(20-28(30)22-35-29-13-11-25-9-5-6-10-26(25)21-29)31(33)32-17-15-24(16-18-32)19-23-7-3-2-4-8-23/h2-14,20-21,24H,15-19,22H2,1H3. The van der Waals surface area contributed by atoms with Crippen molar-refractivity contribution < 1.29 is 14.3 Å². The average molecular weight is 466 g/mol. The van der Waals surface area contributed by atoms with Crippen molar-refractivity contribution in [2.75, 3.05) is 20.2 Å². The van der Waals surface area contributed by atoms with Gasteiger partial charge < -0.3 is 14.4 Å². The van der Waals surface area contributed by atoms with Gasteiger partial charge in [0.25, 0.3) is 5.91 Å². The Bertz CT molecular complexity index is 1290. The molecule has 1 aliphatic heterocycles. The third-order valence-electron chi connectivity index (χ3n) is 6.91. The molecule has 0 N–H and O–H groups in total. The zero-order chi connectivity index (χ0) is 24.0. The lowest BCUT2D eigenvalue weighted by Gasteiger charge is -2.32. The summed E-state index contributed by atoms with van der Waals surface area (Å²) in [6.07, 6.45) is 3.16. The minimum absolute atomic E-state index is 0.0813. The molecule has 4 heteroatoms. The van der Waals surface area contributed by atoms with Crippen LogP contribution in [-0.4, -0.2) is 31.0 Å². The average Bonchev–Trinajstić information content (AvgIpc) is 2.92. The molecule has 1 fully saturated rings. The van der Waals surface area contributed by atoms with E-state index in [4.69, 9.17) is 9.47 Å².